The molecule has 0 spiro atoms. The third-order valence-electron chi connectivity index (χ3n) is 4.13. The Bertz CT molecular complexity index is 892. The van der Waals surface area contributed by atoms with Gasteiger partial charge in [-0.2, -0.15) is 5.10 Å². The molecule has 2 aromatic heterocycles. The van der Waals surface area contributed by atoms with Gasteiger partial charge in [-0.25, -0.2) is 14.6 Å². The molecule has 0 fully saturated rings. The van der Waals surface area contributed by atoms with Gasteiger partial charge in [0.05, 0.1) is 17.5 Å². The summed E-state index contributed by atoms with van der Waals surface area (Å²) in [5.41, 5.74) is 2.93. The van der Waals surface area contributed by atoms with Gasteiger partial charge >= 0.3 is 0 Å². The number of aliphatic hydroxyl groups is 1. The van der Waals surface area contributed by atoms with Crippen molar-refractivity contribution in [3.63, 3.8) is 0 Å². The number of nitrogens with zero attached hydrogens (tertiary/aromatic N) is 4. The van der Waals surface area contributed by atoms with E-state index in [1.165, 1.54) is 11.9 Å². The molecule has 0 radical (unpaired) electrons. The first-order valence-corrected chi connectivity index (χ1v) is 8.52. The minimum Gasteiger partial charge on any atom is -0.389 e. The molecule has 0 atom stereocenters. The fourth-order valence-corrected chi connectivity index (χ4v) is 2.92. The van der Waals surface area contributed by atoms with Crippen molar-refractivity contribution in [2.24, 2.45) is 0 Å². The van der Waals surface area contributed by atoms with Gasteiger partial charge in [0.2, 0.25) is 0 Å². The predicted molar refractivity (Wildman–Crippen MR) is 101 cm³/mol. The standard InChI is InChI=1S/C19H25N5O/c1-12(2)13-7-6-8-14(9-13)16-15-17(20-5)21-11-22-18(15)24(23-16)10-19(3,4)25/h6-9,11-12,25H,10H2,1-5H3,(H,20,21,22). The van der Waals surface area contributed by atoms with Crippen LogP contribution in [0.15, 0.2) is 30.6 Å². The van der Waals surface area contributed by atoms with Crippen LogP contribution >= 0.6 is 0 Å². The highest BCUT2D eigenvalue weighted by molar-refractivity contribution is 5.99. The maximum absolute atomic E-state index is 10.2. The van der Waals surface area contributed by atoms with Crippen LogP contribution in [0.4, 0.5) is 5.82 Å². The van der Waals surface area contributed by atoms with Crippen molar-refractivity contribution in [1.29, 1.82) is 0 Å². The Kier molecular flexibility index (Phi) is 4.47. The molecule has 0 aliphatic rings. The Morgan fingerprint density at radius 1 is 1.24 bits per heavy atom. The SMILES string of the molecule is CNc1ncnc2c1c(-c1cccc(C(C)C)c1)nn2CC(C)(C)O. The van der Waals surface area contributed by atoms with Gasteiger partial charge in [-0.15, -0.1) is 0 Å². The molecule has 0 saturated heterocycles. The van der Waals surface area contributed by atoms with Crippen molar-refractivity contribution >= 4 is 16.9 Å². The van der Waals surface area contributed by atoms with E-state index < -0.39 is 5.60 Å². The van der Waals surface area contributed by atoms with Crippen molar-refractivity contribution < 1.29 is 5.11 Å². The number of rotatable bonds is 5. The number of aromatic nitrogens is 4. The second-order valence-electron chi connectivity index (χ2n) is 7.27. The van der Waals surface area contributed by atoms with Gasteiger partial charge in [-0.1, -0.05) is 32.0 Å². The normalized spacial score (nSPS) is 12.1. The van der Waals surface area contributed by atoms with Crippen molar-refractivity contribution in [1.82, 2.24) is 19.7 Å². The first-order valence-electron chi connectivity index (χ1n) is 8.52. The van der Waals surface area contributed by atoms with E-state index in [9.17, 15) is 5.11 Å². The quantitative estimate of drug-likeness (QED) is 0.745. The first-order chi connectivity index (χ1) is 11.8. The third-order valence-corrected chi connectivity index (χ3v) is 4.13. The van der Waals surface area contributed by atoms with E-state index in [0.717, 1.165) is 22.5 Å². The predicted octanol–water partition coefficient (Wildman–Crippen LogP) is 3.43. The Morgan fingerprint density at radius 2 is 2.00 bits per heavy atom. The number of anilines is 1. The molecule has 0 unspecified atom stereocenters. The average Bonchev–Trinajstić information content (AvgIpc) is 2.92. The maximum Gasteiger partial charge on any atom is 0.164 e. The van der Waals surface area contributed by atoms with Gasteiger partial charge in [0.1, 0.15) is 17.8 Å². The van der Waals surface area contributed by atoms with Gasteiger partial charge in [-0.3, -0.25) is 0 Å². The van der Waals surface area contributed by atoms with Crippen LogP contribution < -0.4 is 5.32 Å². The molecule has 0 amide bonds. The summed E-state index contributed by atoms with van der Waals surface area (Å²) in [6.07, 6.45) is 1.52. The summed E-state index contributed by atoms with van der Waals surface area (Å²) in [6, 6.07) is 8.38. The van der Waals surface area contributed by atoms with Crippen LogP contribution in [-0.2, 0) is 6.54 Å². The van der Waals surface area contributed by atoms with E-state index in [0.29, 0.717) is 18.1 Å². The zero-order valence-corrected chi connectivity index (χ0v) is 15.4. The molecule has 1 aromatic carbocycles. The van der Waals surface area contributed by atoms with Gasteiger partial charge in [0, 0.05) is 12.6 Å². The summed E-state index contributed by atoms with van der Waals surface area (Å²) in [5, 5.41) is 19.0. The Hall–Kier alpha value is -2.47. The van der Waals surface area contributed by atoms with Crippen LogP contribution in [-0.4, -0.2) is 37.5 Å². The second-order valence-corrected chi connectivity index (χ2v) is 7.27. The topological polar surface area (TPSA) is 75.9 Å². The minimum absolute atomic E-state index is 0.355. The summed E-state index contributed by atoms with van der Waals surface area (Å²) < 4.78 is 1.76. The maximum atomic E-state index is 10.2. The summed E-state index contributed by atoms with van der Waals surface area (Å²) in [4.78, 5) is 8.76. The smallest absolute Gasteiger partial charge is 0.164 e. The van der Waals surface area contributed by atoms with E-state index in [1.54, 1.807) is 18.5 Å². The molecule has 2 N–H and O–H groups in total. The van der Waals surface area contributed by atoms with Crippen molar-refractivity contribution in [2.45, 2.75) is 45.8 Å². The highest BCUT2D eigenvalue weighted by atomic mass is 16.3. The highest BCUT2D eigenvalue weighted by Crippen LogP contribution is 2.33. The Morgan fingerprint density at radius 3 is 2.64 bits per heavy atom. The molecular weight excluding hydrogens is 314 g/mol. The molecule has 3 rings (SSSR count). The summed E-state index contributed by atoms with van der Waals surface area (Å²) >= 11 is 0. The van der Waals surface area contributed by atoms with Crippen molar-refractivity contribution in [2.75, 3.05) is 12.4 Å². The third kappa shape index (κ3) is 3.49. The molecule has 132 valence electrons. The van der Waals surface area contributed by atoms with Gasteiger partial charge in [-0.05, 0) is 31.4 Å². The molecule has 25 heavy (non-hydrogen) atoms. The van der Waals surface area contributed by atoms with Crippen molar-refractivity contribution in [3.8, 4) is 11.3 Å². The Labute approximate surface area is 147 Å². The van der Waals surface area contributed by atoms with Crippen LogP contribution in [0, 0.1) is 0 Å². The number of benzene rings is 1. The van der Waals surface area contributed by atoms with Crippen LogP contribution in [0.2, 0.25) is 0 Å². The van der Waals surface area contributed by atoms with E-state index in [-0.39, 0.29) is 0 Å². The molecule has 0 aliphatic carbocycles. The lowest BCUT2D eigenvalue weighted by Crippen LogP contribution is -2.26. The van der Waals surface area contributed by atoms with Crippen LogP contribution in [0.1, 0.15) is 39.2 Å². The highest BCUT2D eigenvalue weighted by Gasteiger charge is 2.22. The zero-order valence-electron chi connectivity index (χ0n) is 15.4. The van der Waals surface area contributed by atoms with E-state index in [1.807, 2.05) is 13.1 Å². The monoisotopic (exact) mass is 339 g/mol. The molecule has 3 aromatic rings. The van der Waals surface area contributed by atoms with Crippen LogP contribution in [0.3, 0.4) is 0 Å². The molecule has 6 nitrogen and oxygen atoms in total. The van der Waals surface area contributed by atoms with E-state index in [4.69, 9.17) is 5.10 Å². The fourth-order valence-electron chi connectivity index (χ4n) is 2.92. The lowest BCUT2D eigenvalue weighted by molar-refractivity contribution is 0.0590. The minimum atomic E-state index is -0.888. The lowest BCUT2D eigenvalue weighted by Gasteiger charge is -2.17. The summed E-state index contributed by atoms with van der Waals surface area (Å²) in [7, 11) is 1.84. The Balaban J connectivity index is 2.25. The molecule has 6 heteroatoms. The van der Waals surface area contributed by atoms with Crippen LogP contribution in [0.25, 0.3) is 22.3 Å². The molecular formula is C19H25N5O. The molecule has 0 bridgehead atoms. The number of hydrogen-bond donors (Lipinski definition) is 2. The largest absolute Gasteiger partial charge is 0.389 e. The average molecular weight is 339 g/mol. The summed E-state index contributed by atoms with van der Waals surface area (Å²) in [6.45, 7) is 8.23. The van der Waals surface area contributed by atoms with Crippen LogP contribution in [0.5, 0.6) is 0 Å². The van der Waals surface area contributed by atoms with E-state index >= 15 is 0 Å². The fraction of sp³-hybridized carbons (Fsp3) is 0.421. The number of nitrogens with one attached hydrogen (secondary N) is 1. The van der Waals surface area contributed by atoms with Gasteiger partial charge in [0.15, 0.2) is 5.65 Å². The lowest BCUT2D eigenvalue weighted by atomic mass is 9.99. The summed E-state index contributed by atoms with van der Waals surface area (Å²) in [5.74, 6) is 1.17. The first kappa shape index (κ1) is 17.4. The molecule has 0 saturated carbocycles. The second kappa shape index (κ2) is 6.44. The zero-order chi connectivity index (χ0) is 18.2. The van der Waals surface area contributed by atoms with Crippen molar-refractivity contribution in [3.05, 3.63) is 36.2 Å². The number of hydrogen-bond acceptors (Lipinski definition) is 5. The van der Waals surface area contributed by atoms with Gasteiger partial charge in [0.25, 0.3) is 0 Å². The molecule has 2 heterocycles. The molecule has 0 aliphatic heterocycles. The number of fused-ring (bicyclic) bond motifs is 1. The van der Waals surface area contributed by atoms with E-state index in [2.05, 4.69) is 47.3 Å². The van der Waals surface area contributed by atoms with Gasteiger partial charge < -0.3 is 10.4 Å².